The molecule has 0 spiro atoms. The monoisotopic (exact) mass is 371 g/mol. The number of anilines is 1. The van der Waals surface area contributed by atoms with Crippen LogP contribution in [0.15, 0.2) is 51.9 Å². The summed E-state index contributed by atoms with van der Waals surface area (Å²) in [5, 5.41) is 2.67. The van der Waals surface area contributed by atoms with Crippen molar-refractivity contribution in [1.82, 2.24) is 9.38 Å². The molecule has 3 aromatic rings. The van der Waals surface area contributed by atoms with Gasteiger partial charge in [-0.15, -0.1) is 0 Å². The minimum Gasteiger partial charge on any atom is -0.316 e. The predicted molar refractivity (Wildman–Crippen MR) is 93.0 cm³/mol. The molecule has 0 aliphatic rings. The van der Waals surface area contributed by atoms with Gasteiger partial charge in [-0.3, -0.25) is 14.0 Å². The molecule has 0 aliphatic heterocycles. The maximum atomic E-state index is 12.6. The summed E-state index contributed by atoms with van der Waals surface area (Å²) < 4.78 is 2.31. The molecule has 3 rings (SSSR count). The largest absolute Gasteiger partial charge is 0.316 e. The Morgan fingerprint density at radius 2 is 1.87 bits per heavy atom. The van der Waals surface area contributed by atoms with E-state index < -0.39 is 0 Å². The van der Waals surface area contributed by atoms with Crippen LogP contribution in [0.25, 0.3) is 5.65 Å². The smallest absolute Gasteiger partial charge is 0.281 e. The summed E-state index contributed by atoms with van der Waals surface area (Å²) >= 11 is 3.32. The standard InChI is InChI=1S/C17H14BrN3O2/c1-10-7-8-21-14(9-10)19-11(2)15(17(21)23)20-16(22)12-3-5-13(18)6-4-12/h3-9H,1-2H3,(H,20,22). The normalized spacial score (nSPS) is 10.7. The van der Waals surface area contributed by atoms with Crippen LogP contribution in [0.3, 0.4) is 0 Å². The van der Waals surface area contributed by atoms with Gasteiger partial charge in [0.1, 0.15) is 11.3 Å². The number of aromatic nitrogens is 2. The molecule has 1 amide bonds. The lowest BCUT2D eigenvalue weighted by molar-refractivity contribution is 0.102. The number of carbonyl (C=O) groups excluding carboxylic acids is 1. The first-order valence-electron chi connectivity index (χ1n) is 7.02. The Labute approximate surface area is 141 Å². The van der Waals surface area contributed by atoms with Gasteiger partial charge >= 0.3 is 0 Å². The fraction of sp³-hybridized carbons (Fsp3) is 0.118. The second-order valence-corrected chi connectivity index (χ2v) is 6.19. The fourth-order valence-electron chi connectivity index (χ4n) is 2.28. The van der Waals surface area contributed by atoms with Crippen LogP contribution in [0.1, 0.15) is 21.6 Å². The van der Waals surface area contributed by atoms with Crippen molar-refractivity contribution in [1.29, 1.82) is 0 Å². The number of carbonyl (C=O) groups is 1. The number of benzene rings is 1. The second kappa shape index (κ2) is 5.96. The lowest BCUT2D eigenvalue weighted by Crippen LogP contribution is -2.25. The van der Waals surface area contributed by atoms with E-state index in [2.05, 4.69) is 26.2 Å². The van der Waals surface area contributed by atoms with E-state index in [1.54, 1.807) is 37.4 Å². The molecule has 1 N–H and O–H groups in total. The number of hydrogen-bond acceptors (Lipinski definition) is 3. The summed E-state index contributed by atoms with van der Waals surface area (Å²) in [5.74, 6) is -0.341. The number of hydrogen-bond donors (Lipinski definition) is 1. The summed E-state index contributed by atoms with van der Waals surface area (Å²) in [6.45, 7) is 3.64. The van der Waals surface area contributed by atoms with E-state index in [1.165, 1.54) is 4.40 Å². The van der Waals surface area contributed by atoms with Crippen molar-refractivity contribution < 1.29 is 4.79 Å². The highest BCUT2D eigenvalue weighted by atomic mass is 79.9. The van der Waals surface area contributed by atoms with Crippen molar-refractivity contribution in [3.63, 3.8) is 0 Å². The van der Waals surface area contributed by atoms with Crippen molar-refractivity contribution in [3.05, 3.63) is 74.2 Å². The number of nitrogens with zero attached hydrogens (tertiary/aromatic N) is 2. The third kappa shape index (κ3) is 3.03. The van der Waals surface area contributed by atoms with Crippen molar-refractivity contribution in [2.24, 2.45) is 0 Å². The van der Waals surface area contributed by atoms with E-state index in [0.717, 1.165) is 10.0 Å². The van der Waals surface area contributed by atoms with Crippen LogP contribution < -0.4 is 10.9 Å². The Morgan fingerprint density at radius 1 is 1.17 bits per heavy atom. The van der Waals surface area contributed by atoms with Crippen LogP contribution >= 0.6 is 15.9 Å². The molecule has 0 fully saturated rings. The zero-order valence-corrected chi connectivity index (χ0v) is 14.2. The van der Waals surface area contributed by atoms with E-state index in [1.807, 2.05) is 19.1 Å². The van der Waals surface area contributed by atoms with E-state index in [-0.39, 0.29) is 17.2 Å². The van der Waals surface area contributed by atoms with Gasteiger partial charge < -0.3 is 5.32 Å². The van der Waals surface area contributed by atoms with E-state index in [4.69, 9.17) is 0 Å². The average molecular weight is 372 g/mol. The van der Waals surface area contributed by atoms with Crippen LogP contribution in [0.4, 0.5) is 5.69 Å². The Hall–Kier alpha value is -2.47. The number of fused-ring (bicyclic) bond motifs is 1. The summed E-state index contributed by atoms with van der Waals surface area (Å²) in [5.41, 5.74) is 2.45. The third-order valence-electron chi connectivity index (χ3n) is 3.51. The summed E-state index contributed by atoms with van der Waals surface area (Å²) in [6.07, 6.45) is 1.66. The first kappa shape index (κ1) is 15.4. The highest BCUT2D eigenvalue weighted by Gasteiger charge is 2.14. The third-order valence-corrected chi connectivity index (χ3v) is 4.04. The van der Waals surface area contributed by atoms with E-state index in [0.29, 0.717) is 16.9 Å². The van der Waals surface area contributed by atoms with Crippen molar-refractivity contribution in [2.45, 2.75) is 13.8 Å². The molecule has 0 saturated heterocycles. The highest BCUT2D eigenvalue weighted by molar-refractivity contribution is 9.10. The number of pyridine rings is 1. The number of halogens is 1. The molecule has 6 heteroatoms. The minimum absolute atomic E-state index is 0.194. The molecule has 2 heterocycles. The van der Waals surface area contributed by atoms with Gasteiger partial charge in [-0.25, -0.2) is 4.98 Å². The van der Waals surface area contributed by atoms with Gasteiger partial charge in [0, 0.05) is 16.2 Å². The average Bonchev–Trinajstić information content (AvgIpc) is 2.51. The molecule has 0 bridgehead atoms. The molecule has 0 saturated carbocycles. The Bertz CT molecular complexity index is 962. The summed E-state index contributed by atoms with van der Waals surface area (Å²) in [7, 11) is 0. The molecular formula is C17H14BrN3O2. The maximum Gasteiger partial charge on any atom is 0.281 e. The summed E-state index contributed by atoms with van der Waals surface area (Å²) in [6, 6.07) is 10.6. The Morgan fingerprint density at radius 3 is 2.57 bits per heavy atom. The SMILES string of the molecule is Cc1ccn2c(=O)c(NC(=O)c3ccc(Br)cc3)c(C)nc2c1. The maximum absolute atomic E-state index is 12.6. The molecule has 116 valence electrons. The Kier molecular flexibility index (Phi) is 4.00. The van der Waals surface area contributed by atoms with Crippen LogP contribution in [0.5, 0.6) is 0 Å². The van der Waals surface area contributed by atoms with E-state index >= 15 is 0 Å². The van der Waals surface area contributed by atoms with Crippen molar-refractivity contribution in [3.8, 4) is 0 Å². The number of nitrogens with one attached hydrogen (secondary N) is 1. The minimum atomic E-state index is -0.341. The topological polar surface area (TPSA) is 63.5 Å². The van der Waals surface area contributed by atoms with Crippen LogP contribution in [-0.4, -0.2) is 15.3 Å². The van der Waals surface area contributed by atoms with Gasteiger partial charge in [0.2, 0.25) is 0 Å². The molecule has 1 aromatic carbocycles. The highest BCUT2D eigenvalue weighted by Crippen LogP contribution is 2.14. The zero-order valence-electron chi connectivity index (χ0n) is 12.6. The van der Waals surface area contributed by atoms with Gasteiger partial charge in [0.05, 0.1) is 5.69 Å². The molecule has 0 atom stereocenters. The van der Waals surface area contributed by atoms with Crippen molar-refractivity contribution in [2.75, 3.05) is 5.32 Å². The lowest BCUT2D eigenvalue weighted by Gasteiger charge is -2.10. The van der Waals surface area contributed by atoms with Crippen LogP contribution in [0, 0.1) is 13.8 Å². The van der Waals surface area contributed by atoms with Crippen molar-refractivity contribution >= 4 is 33.2 Å². The molecule has 5 nitrogen and oxygen atoms in total. The molecular weight excluding hydrogens is 358 g/mol. The number of amides is 1. The molecule has 0 unspecified atom stereocenters. The lowest BCUT2D eigenvalue weighted by atomic mass is 10.2. The number of rotatable bonds is 2. The van der Waals surface area contributed by atoms with Gasteiger partial charge in [-0.1, -0.05) is 15.9 Å². The van der Waals surface area contributed by atoms with Gasteiger partial charge in [-0.05, 0) is 55.8 Å². The van der Waals surface area contributed by atoms with Crippen LogP contribution in [0.2, 0.25) is 0 Å². The van der Waals surface area contributed by atoms with Gasteiger partial charge in [-0.2, -0.15) is 0 Å². The second-order valence-electron chi connectivity index (χ2n) is 5.27. The van der Waals surface area contributed by atoms with E-state index in [9.17, 15) is 9.59 Å². The van der Waals surface area contributed by atoms with Crippen LogP contribution in [-0.2, 0) is 0 Å². The molecule has 23 heavy (non-hydrogen) atoms. The molecule has 0 radical (unpaired) electrons. The first-order chi connectivity index (χ1) is 11.0. The zero-order chi connectivity index (χ0) is 16.6. The molecule has 0 aliphatic carbocycles. The Balaban J connectivity index is 2.03. The van der Waals surface area contributed by atoms with Gasteiger partial charge in [0.15, 0.2) is 0 Å². The predicted octanol–water partition coefficient (Wildman–Crippen LogP) is 3.33. The van der Waals surface area contributed by atoms with Gasteiger partial charge in [0.25, 0.3) is 11.5 Å². The quantitative estimate of drug-likeness (QED) is 0.751. The molecule has 2 aromatic heterocycles. The number of aryl methyl sites for hydroxylation is 2. The first-order valence-corrected chi connectivity index (χ1v) is 7.81. The fourth-order valence-corrected chi connectivity index (χ4v) is 2.55. The summed E-state index contributed by atoms with van der Waals surface area (Å²) in [4.78, 5) is 29.3.